The smallest absolute Gasteiger partial charge is 0.0655 e. The van der Waals surface area contributed by atoms with E-state index in [1.54, 1.807) is 0 Å². The first-order valence-electron chi connectivity index (χ1n) is 7.05. The minimum atomic E-state index is 0.303. The van der Waals surface area contributed by atoms with Crippen LogP contribution in [0.15, 0.2) is 0 Å². The average Bonchev–Trinajstić information content (AvgIpc) is 2.30. The van der Waals surface area contributed by atoms with Crippen LogP contribution in [0, 0.1) is 5.41 Å². The molecule has 2 aliphatic rings. The first-order chi connectivity index (χ1) is 8.05. The van der Waals surface area contributed by atoms with Gasteiger partial charge in [-0.1, -0.05) is 20.8 Å². The predicted octanol–water partition coefficient (Wildman–Crippen LogP) is 3.06. The summed E-state index contributed by atoms with van der Waals surface area (Å²) in [6, 6.07) is 1.35. The van der Waals surface area contributed by atoms with Crippen molar-refractivity contribution in [2.45, 2.75) is 70.4 Å². The number of nitrogens with one attached hydrogen (secondary N) is 1. The maximum Gasteiger partial charge on any atom is 0.0655 e. The Hall–Kier alpha value is 0.270. The molecule has 2 nitrogen and oxygen atoms in total. The van der Waals surface area contributed by atoms with Crippen molar-refractivity contribution in [3.63, 3.8) is 0 Å². The van der Waals surface area contributed by atoms with Crippen LogP contribution < -0.4 is 5.32 Å². The Labute approximate surface area is 110 Å². The highest BCUT2D eigenvalue weighted by Crippen LogP contribution is 2.43. The molecule has 4 atom stereocenters. The number of hydrogen-bond acceptors (Lipinski definition) is 3. The van der Waals surface area contributed by atoms with Crippen LogP contribution >= 0.6 is 11.8 Å². The van der Waals surface area contributed by atoms with E-state index in [-0.39, 0.29) is 0 Å². The molecule has 2 fully saturated rings. The number of ether oxygens (including phenoxy) is 1. The van der Waals surface area contributed by atoms with Crippen molar-refractivity contribution >= 4 is 11.8 Å². The van der Waals surface area contributed by atoms with Gasteiger partial charge in [-0.3, -0.25) is 0 Å². The molecule has 0 aromatic rings. The average molecular weight is 257 g/mol. The fourth-order valence-electron chi connectivity index (χ4n) is 3.05. The molecule has 0 amide bonds. The minimum Gasteiger partial charge on any atom is -0.378 e. The van der Waals surface area contributed by atoms with E-state index in [1.807, 2.05) is 0 Å². The van der Waals surface area contributed by atoms with Gasteiger partial charge in [0.2, 0.25) is 0 Å². The summed E-state index contributed by atoms with van der Waals surface area (Å²) in [5.41, 5.74) is 0.303. The fourth-order valence-corrected chi connectivity index (χ4v) is 4.20. The quantitative estimate of drug-likeness (QED) is 0.836. The molecule has 1 aliphatic carbocycles. The number of thioether (sulfide) groups is 1. The van der Waals surface area contributed by atoms with E-state index in [4.69, 9.17) is 4.74 Å². The third kappa shape index (κ3) is 2.82. The Morgan fingerprint density at radius 3 is 2.76 bits per heavy atom. The van der Waals surface area contributed by atoms with Crippen LogP contribution in [0.4, 0.5) is 0 Å². The molecule has 0 spiro atoms. The summed E-state index contributed by atoms with van der Waals surface area (Å²) in [6.07, 6.45) is 4.36. The van der Waals surface area contributed by atoms with E-state index in [2.05, 4.69) is 44.8 Å². The van der Waals surface area contributed by atoms with Gasteiger partial charge in [0.15, 0.2) is 0 Å². The normalized spacial score (nSPS) is 40.9. The van der Waals surface area contributed by atoms with E-state index < -0.39 is 0 Å². The van der Waals surface area contributed by atoms with E-state index in [0.717, 1.165) is 11.9 Å². The second kappa shape index (κ2) is 5.50. The largest absolute Gasteiger partial charge is 0.378 e. The lowest BCUT2D eigenvalue weighted by Crippen LogP contribution is -2.64. The summed E-state index contributed by atoms with van der Waals surface area (Å²) in [7, 11) is 0. The van der Waals surface area contributed by atoms with Crippen LogP contribution in [0.5, 0.6) is 0 Å². The van der Waals surface area contributed by atoms with Gasteiger partial charge in [-0.05, 0) is 31.9 Å². The third-order valence-electron chi connectivity index (χ3n) is 4.57. The Kier molecular flexibility index (Phi) is 4.43. The monoisotopic (exact) mass is 257 g/mol. The molecule has 4 unspecified atom stereocenters. The highest BCUT2D eigenvalue weighted by Gasteiger charge is 2.49. The summed E-state index contributed by atoms with van der Waals surface area (Å²) in [6.45, 7) is 9.99. The van der Waals surface area contributed by atoms with Crippen molar-refractivity contribution in [1.29, 1.82) is 0 Å². The Bertz CT molecular complexity index is 257. The highest BCUT2D eigenvalue weighted by molar-refractivity contribution is 7.99. The van der Waals surface area contributed by atoms with Crippen molar-refractivity contribution in [3.05, 3.63) is 0 Å². The van der Waals surface area contributed by atoms with Gasteiger partial charge in [-0.15, -0.1) is 0 Å². The maximum atomic E-state index is 5.79. The molecule has 1 N–H and O–H groups in total. The molecular formula is C14H27NOS. The summed E-state index contributed by atoms with van der Waals surface area (Å²) in [4.78, 5) is 0. The lowest BCUT2D eigenvalue weighted by molar-refractivity contribution is -0.116. The summed E-state index contributed by atoms with van der Waals surface area (Å²) < 4.78 is 5.79. The van der Waals surface area contributed by atoms with Gasteiger partial charge >= 0.3 is 0 Å². The zero-order valence-corrected chi connectivity index (χ0v) is 12.5. The van der Waals surface area contributed by atoms with Gasteiger partial charge in [0.05, 0.1) is 6.10 Å². The molecule has 1 saturated carbocycles. The lowest BCUT2D eigenvalue weighted by Gasteiger charge is -2.53. The zero-order valence-electron chi connectivity index (χ0n) is 11.7. The molecule has 0 aromatic heterocycles. The molecular weight excluding hydrogens is 230 g/mol. The third-order valence-corrected chi connectivity index (χ3v) is 5.95. The van der Waals surface area contributed by atoms with Gasteiger partial charge in [-0.25, -0.2) is 0 Å². The van der Waals surface area contributed by atoms with Crippen molar-refractivity contribution < 1.29 is 4.74 Å². The first-order valence-corrected chi connectivity index (χ1v) is 8.09. The molecule has 2 rings (SSSR count). The van der Waals surface area contributed by atoms with E-state index in [1.165, 1.54) is 25.0 Å². The van der Waals surface area contributed by atoms with Crippen LogP contribution in [0.25, 0.3) is 0 Å². The van der Waals surface area contributed by atoms with Gasteiger partial charge < -0.3 is 10.1 Å². The molecule has 3 heteroatoms. The summed E-state index contributed by atoms with van der Waals surface area (Å²) in [5.74, 6) is 1.34. The van der Waals surface area contributed by atoms with Crippen LogP contribution in [0.1, 0.15) is 47.0 Å². The van der Waals surface area contributed by atoms with Crippen molar-refractivity contribution in [1.82, 2.24) is 5.32 Å². The maximum absolute atomic E-state index is 5.79. The van der Waals surface area contributed by atoms with Gasteiger partial charge in [0, 0.05) is 29.4 Å². The minimum absolute atomic E-state index is 0.303. The summed E-state index contributed by atoms with van der Waals surface area (Å²) >= 11 is 2.12. The van der Waals surface area contributed by atoms with Crippen LogP contribution in [0.2, 0.25) is 0 Å². The Balaban J connectivity index is 1.84. The van der Waals surface area contributed by atoms with Gasteiger partial charge in [0.25, 0.3) is 0 Å². The standard InChI is InChI=1S/C14H27NOS/c1-5-16-13-9-12(14(13,3)4)15-11-7-6-8-17-10(11)2/h10-13,15H,5-9H2,1-4H3. The van der Waals surface area contributed by atoms with E-state index in [0.29, 0.717) is 23.6 Å². The molecule has 1 aliphatic heterocycles. The van der Waals surface area contributed by atoms with Crippen LogP contribution in [-0.4, -0.2) is 35.8 Å². The number of rotatable bonds is 4. The number of hydrogen-bond donors (Lipinski definition) is 1. The fraction of sp³-hybridized carbons (Fsp3) is 1.00. The van der Waals surface area contributed by atoms with Crippen LogP contribution in [-0.2, 0) is 4.74 Å². The SMILES string of the molecule is CCOC1CC(NC2CCCSC2C)C1(C)C. The molecule has 100 valence electrons. The molecule has 0 bridgehead atoms. The Morgan fingerprint density at radius 1 is 1.41 bits per heavy atom. The predicted molar refractivity (Wildman–Crippen MR) is 75.7 cm³/mol. The van der Waals surface area contributed by atoms with Crippen molar-refractivity contribution in [2.75, 3.05) is 12.4 Å². The zero-order chi connectivity index (χ0) is 12.5. The van der Waals surface area contributed by atoms with E-state index >= 15 is 0 Å². The Morgan fingerprint density at radius 2 is 2.18 bits per heavy atom. The molecule has 0 aromatic carbocycles. The second-order valence-corrected chi connectivity index (χ2v) is 7.53. The van der Waals surface area contributed by atoms with Gasteiger partial charge in [0.1, 0.15) is 0 Å². The lowest BCUT2D eigenvalue weighted by atomic mass is 9.64. The molecule has 1 heterocycles. The van der Waals surface area contributed by atoms with Crippen molar-refractivity contribution in [2.24, 2.45) is 5.41 Å². The van der Waals surface area contributed by atoms with Crippen molar-refractivity contribution in [3.8, 4) is 0 Å². The van der Waals surface area contributed by atoms with E-state index in [9.17, 15) is 0 Å². The molecule has 0 radical (unpaired) electrons. The second-order valence-electron chi connectivity index (χ2n) is 6.04. The van der Waals surface area contributed by atoms with Crippen LogP contribution in [0.3, 0.4) is 0 Å². The summed E-state index contributed by atoms with van der Waals surface area (Å²) in [5, 5.41) is 4.65. The molecule has 1 saturated heterocycles. The van der Waals surface area contributed by atoms with Gasteiger partial charge in [-0.2, -0.15) is 11.8 Å². The highest BCUT2D eigenvalue weighted by atomic mass is 32.2. The first kappa shape index (κ1) is 13.7. The topological polar surface area (TPSA) is 21.3 Å². The molecule has 17 heavy (non-hydrogen) atoms.